The van der Waals surface area contributed by atoms with E-state index in [4.69, 9.17) is 11.5 Å². The maximum atomic E-state index is 11.3. The van der Waals surface area contributed by atoms with Gasteiger partial charge in [0.2, 0.25) is 5.66 Å². The second kappa shape index (κ2) is 4.40. The van der Waals surface area contributed by atoms with Crippen LogP contribution in [0.25, 0.3) is 0 Å². The molecule has 17 heavy (non-hydrogen) atoms. The predicted octanol–water partition coefficient (Wildman–Crippen LogP) is 0.256. The Bertz CT molecular complexity index is 483. The molecule has 2 heterocycles. The van der Waals surface area contributed by atoms with Crippen molar-refractivity contribution < 1.29 is 4.74 Å². The Labute approximate surface area is 97.8 Å². The van der Waals surface area contributed by atoms with Crippen molar-refractivity contribution in [2.75, 3.05) is 0 Å². The number of azo groups is 1. The van der Waals surface area contributed by atoms with Gasteiger partial charge in [0.25, 0.3) is 6.17 Å². The van der Waals surface area contributed by atoms with Crippen molar-refractivity contribution in [3.8, 4) is 0 Å². The molecule has 2 rings (SSSR count). The van der Waals surface area contributed by atoms with Crippen LogP contribution < -0.4 is 11.5 Å². The van der Waals surface area contributed by atoms with Crippen LogP contribution >= 0.6 is 0 Å². The van der Waals surface area contributed by atoms with Crippen molar-refractivity contribution in [1.82, 2.24) is 4.98 Å². The Kier molecular flexibility index (Phi) is 2.94. The minimum Gasteiger partial charge on any atom is -0.622 e. The van der Waals surface area contributed by atoms with Gasteiger partial charge in [0.1, 0.15) is 5.69 Å². The number of pyridine rings is 1. The second-order valence-electron chi connectivity index (χ2n) is 3.61. The zero-order chi connectivity index (χ0) is 12.3. The van der Waals surface area contributed by atoms with Crippen LogP contribution in [0.5, 0.6) is 0 Å². The highest BCUT2D eigenvalue weighted by atomic mass is 16.5. The van der Waals surface area contributed by atoms with Crippen molar-refractivity contribution in [3.05, 3.63) is 41.9 Å². The fourth-order valence-corrected chi connectivity index (χ4v) is 1.33. The van der Waals surface area contributed by atoms with Gasteiger partial charge in [-0.3, -0.25) is 16.5 Å². The molecule has 1 aliphatic rings. The highest BCUT2D eigenvalue weighted by Gasteiger charge is 2.38. The van der Waals surface area contributed by atoms with Gasteiger partial charge in [0.15, 0.2) is 6.21 Å². The number of hydrogen-bond donors (Lipinski definition) is 2. The monoisotopic (exact) mass is 232 g/mol. The molecule has 2 unspecified atom stereocenters. The molecule has 0 radical (unpaired) electrons. The van der Waals surface area contributed by atoms with Gasteiger partial charge >= 0.3 is 0 Å². The van der Waals surface area contributed by atoms with Gasteiger partial charge in [0, 0.05) is 12.3 Å². The summed E-state index contributed by atoms with van der Waals surface area (Å²) in [5.74, 6) is 0. The summed E-state index contributed by atoms with van der Waals surface area (Å²) in [5, 5.41) is 19.1. The average Bonchev–Trinajstić information content (AvgIpc) is 2.35. The van der Waals surface area contributed by atoms with Gasteiger partial charge in [-0.05, 0) is 18.2 Å². The summed E-state index contributed by atoms with van der Waals surface area (Å²) in [6, 6.07) is 3.45. The first-order chi connectivity index (χ1) is 8.12. The quantitative estimate of drug-likeness (QED) is 0.432. The van der Waals surface area contributed by atoms with E-state index in [0.717, 1.165) is 0 Å². The van der Waals surface area contributed by atoms with Gasteiger partial charge in [0.05, 0.1) is 6.20 Å². The smallest absolute Gasteiger partial charge is 0.258 e. The highest BCUT2D eigenvalue weighted by molar-refractivity contribution is 5.67. The van der Waals surface area contributed by atoms with E-state index in [0.29, 0.717) is 10.4 Å². The lowest BCUT2D eigenvalue weighted by atomic mass is 10.1. The lowest BCUT2D eigenvalue weighted by Gasteiger charge is -2.26. The number of rotatable bonds is 2. The summed E-state index contributed by atoms with van der Waals surface area (Å²) < 4.78 is 0.544. The lowest BCUT2D eigenvalue weighted by Crippen LogP contribution is -2.58. The molecular formula is C10H12N6O. The molecule has 1 aliphatic heterocycles. The average molecular weight is 232 g/mol. The molecule has 0 fully saturated rings. The number of nitrogens with zero attached hydrogens (tertiary/aromatic N) is 4. The van der Waals surface area contributed by atoms with Gasteiger partial charge in [-0.1, -0.05) is 0 Å². The van der Waals surface area contributed by atoms with Gasteiger partial charge in [-0.2, -0.15) is 15.0 Å². The molecule has 7 heteroatoms. The maximum Gasteiger partial charge on any atom is 0.258 e. The van der Waals surface area contributed by atoms with Crippen molar-refractivity contribution in [2.45, 2.75) is 11.8 Å². The van der Waals surface area contributed by atoms with Gasteiger partial charge in [-0.15, -0.1) is 0 Å². The molecule has 0 aromatic carbocycles. The number of nitrogens with two attached hydrogens (primary N) is 2. The van der Waals surface area contributed by atoms with Crippen molar-refractivity contribution in [2.24, 2.45) is 21.7 Å². The van der Waals surface area contributed by atoms with Crippen LogP contribution in [0.2, 0.25) is 0 Å². The summed E-state index contributed by atoms with van der Waals surface area (Å²) in [6.07, 6.45) is 6.48. The molecule has 88 valence electrons. The lowest BCUT2D eigenvalue weighted by molar-refractivity contribution is -0.506. The molecule has 4 N–H and O–H groups in total. The number of aromatic nitrogens is 1. The topological polar surface area (TPSA) is 116 Å². The molecule has 0 saturated heterocycles. The summed E-state index contributed by atoms with van der Waals surface area (Å²) in [4.78, 5) is 3.88. The Morgan fingerprint density at radius 2 is 2.35 bits per heavy atom. The first-order valence-electron chi connectivity index (χ1n) is 4.97. The zero-order valence-electron chi connectivity index (χ0n) is 8.97. The zero-order valence-corrected chi connectivity index (χ0v) is 8.97. The molecule has 1 aromatic heterocycles. The van der Waals surface area contributed by atoms with Crippen molar-refractivity contribution in [1.29, 1.82) is 0 Å². The molecule has 0 amide bonds. The summed E-state index contributed by atoms with van der Waals surface area (Å²) >= 11 is 0. The van der Waals surface area contributed by atoms with E-state index >= 15 is 0 Å². The molecule has 7 nitrogen and oxygen atoms in total. The minimum absolute atomic E-state index is 0.544. The molecular weight excluding hydrogens is 220 g/mol. The van der Waals surface area contributed by atoms with Crippen LogP contribution in [0.4, 0.5) is 5.69 Å². The van der Waals surface area contributed by atoms with Crippen LogP contribution in [-0.2, 0) is 0 Å². The third kappa shape index (κ3) is 2.35. The fourth-order valence-electron chi connectivity index (χ4n) is 1.33. The van der Waals surface area contributed by atoms with Crippen molar-refractivity contribution in [3.63, 3.8) is 0 Å². The van der Waals surface area contributed by atoms with Crippen LogP contribution in [0, 0.1) is 5.21 Å². The molecule has 0 spiro atoms. The Balaban J connectivity index is 2.21. The van der Waals surface area contributed by atoms with Crippen molar-refractivity contribution >= 4 is 11.9 Å². The van der Waals surface area contributed by atoms with Crippen LogP contribution in [-0.4, -0.2) is 27.8 Å². The van der Waals surface area contributed by atoms with Crippen LogP contribution in [0.3, 0.4) is 0 Å². The molecule has 0 aliphatic carbocycles. The predicted molar refractivity (Wildman–Crippen MR) is 62.5 cm³/mol. The largest absolute Gasteiger partial charge is 0.622 e. The highest BCUT2D eigenvalue weighted by Crippen LogP contribution is 2.17. The van der Waals surface area contributed by atoms with E-state index in [-0.39, 0.29) is 0 Å². The van der Waals surface area contributed by atoms with E-state index in [1.54, 1.807) is 18.3 Å². The van der Waals surface area contributed by atoms with Crippen LogP contribution in [0.1, 0.15) is 0 Å². The summed E-state index contributed by atoms with van der Waals surface area (Å²) in [7, 11) is 0. The number of hydrogen-bond acceptors (Lipinski definition) is 6. The normalized spacial score (nSPS) is 28.4. The van der Waals surface area contributed by atoms with Crippen LogP contribution in [0.15, 0.2) is 46.9 Å². The third-order valence-corrected chi connectivity index (χ3v) is 2.33. The van der Waals surface area contributed by atoms with E-state index < -0.39 is 11.8 Å². The van der Waals surface area contributed by atoms with Gasteiger partial charge in [-0.25, -0.2) is 0 Å². The maximum absolute atomic E-state index is 11.3. The Hall–Kier alpha value is -2.12. The van der Waals surface area contributed by atoms with E-state index in [2.05, 4.69) is 15.2 Å². The molecule has 0 saturated carbocycles. The molecule has 1 aromatic rings. The minimum atomic E-state index is -1.33. The molecule has 0 bridgehead atoms. The fraction of sp³-hybridized carbons (Fsp3) is 0.200. The third-order valence-electron chi connectivity index (χ3n) is 2.33. The summed E-state index contributed by atoms with van der Waals surface area (Å²) in [6.45, 7) is 0. The Morgan fingerprint density at radius 1 is 1.53 bits per heavy atom. The molecule has 2 atom stereocenters. The van der Waals surface area contributed by atoms with Gasteiger partial charge < -0.3 is 5.21 Å². The first-order valence-corrected chi connectivity index (χ1v) is 4.97. The standard InChI is InChI=1S/C10H12N6O/c11-9-10(12,4-2-6-16(9)17)15-14-8-3-1-5-13-7-8/h1-7,9H,11-12H2. The van der Waals surface area contributed by atoms with E-state index in [1.807, 2.05) is 0 Å². The second-order valence-corrected chi connectivity index (χ2v) is 3.61. The number of hydroxylamine groups is 1. The SMILES string of the molecule is NC1[N+]([O-])=CC=CC1(N)N=Nc1cccnc1. The first kappa shape index (κ1) is 11.4. The Morgan fingerprint density at radius 3 is 3.06 bits per heavy atom. The number of allylic oxidation sites excluding steroid dienone is 1. The summed E-state index contributed by atoms with van der Waals surface area (Å²) in [5.41, 5.74) is 10.8. The van der Waals surface area contributed by atoms with E-state index in [1.165, 1.54) is 24.6 Å². The van der Waals surface area contributed by atoms with E-state index in [9.17, 15) is 5.21 Å².